The number of nitrogens with one attached hydrogen (secondary N) is 1. The van der Waals surface area contributed by atoms with Gasteiger partial charge >= 0.3 is 12.1 Å². The lowest BCUT2D eigenvalue weighted by Gasteiger charge is -2.08. The Kier molecular flexibility index (Phi) is 9.09. The molecule has 33 heavy (non-hydrogen) atoms. The molecule has 1 amide bonds. The fourth-order valence-electron chi connectivity index (χ4n) is 2.39. The molecule has 0 unspecified atom stereocenters. The number of aromatic nitrogens is 3. The zero-order valence-electron chi connectivity index (χ0n) is 17.4. The van der Waals surface area contributed by atoms with E-state index in [1.165, 1.54) is 11.3 Å². The Morgan fingerprint density at radius 1 is 1.03 bits per heavy atom. The highest BCUT2D eigenvalue weighted by molar-refractivity contribution is 7.15. The number of benzene rings is 1. The number of anilines is 1. The molecular weight excluding hydrogens is 465 g/mol. The molecule has 176 valence electrons. The van der Waals surface area contributed by atoms with Crippen molar-refractivity contribution >= 4 is 28.3 Å². The number of ether oxygens (including phenoxy) is 2. The first-order valence-corrected chi connectivity index (χ1v) is 9.96. The van der Waals surface area contributed by atoms with Crippen LogP contribution >= 0.6 is 11.3 Å². The quantitative estimate of drug-likeness (QED) is 0.523. The van der Waals surface area contributed by atoms with Crippen molar-refractivity contribution in [3.8, 4) is 11.5 Å². The molecule has 0 bridgehead atoms. The summed E-state index contributed by atoms with van der Waals surface area (Å²) in [5.74, 6) is -1.55. The number of carbonyl (C=O) groups excluding carboxylic acids is 1. The average Bonchev–Trinajstić information content (AvgIpc) is 3.20. The zero-order chi connectivity index (χ0) is 24.4. The summed E-state index contributed by atoms with van der Waals surface area (Å²) in [6.45, 7) is 0. The van der Waals surface area contributed by atoms with Gasteiger partial charge in [0, 0.05) is 18.8 Å². The highest BCUT2D eigenvalue weighted by Gasteiger charge is 2.38. The maximum Gasteiger partial charge on any atom is 0.490 e. The zero-order valence-corrected chi connectivity index (χ0v) is 18.2. The van der Waals surface area contributed by atoms with Gasteiger partial charge < -0.3 is 19.9 Å². The summed E-state index contributed by atoms with van der Waals surface area (Å²) in [5.41, 5.74) is 1.92. The monoisotopic (exact) mass is 484 g/mol. The molecule has 0 spiro atoms. The summed E-state index contributed by atoms with van der Waals surface area (Å²) in [7, 11) is 3.20. The molecule has 0 aliphatic carbocycles. The van der Waals surface area contributed by atoms with E-state index >= 15 is 0 Å². The van der Waals surface area contributed by atoms with Crippen LogP contribution in [0.2, 0.25) is 0 Å². The Morgan fingerprint density at radius 2 is 1.67 bits per heavy atom. The molecule has 9 nitrogen and oxygen atoms in total. The van der Waals surface area contributed by atoms with E-state index in [9.17, 15) is 18.0 Å². The number of aliphatic carboxylic acids is 1. The van der Waals surface area contributed by atoms with Crippen molar-refractivity contribution in [2.24, 2.45) is 0 Å². The summed E-state index contributed by atoms with van der Waals surface area (Å²) in [5, 5.41) is 19.4. The second-order valence-corrected chi connectivity index (χ2v) is 7.31. The first kappa shape index (κ1) is 25.5. The van der Waals surface area contributed by atoms with E-state index in [-0.39, 0.29) is 12.3 Å². The predicted octanol–water partition coefficient (Wildman–Crippen LogP) is 3.36. The van der Waals surface area contributed by atoms with Crippen molar-refractivity contribution < 1.29 is 37.3 Å². The molecule has 0 atom stereocenters. The lowest BCUT2D eigenvalue weighted by molar-refractivity contribution is -0.192. The van der Waals surface area contributed by atoms with Crippen LogP contribution in [0.25, 0.3) is 0 Å². The third kappa shape index (κ3) is 8.37. The number of carboxylic acid groups (broad SMARTS) is 1. The summed E-state index contributed by atoms with van der Waals surface area (Å²) in [6, 6.07) is 9.32. The number of methoxy groups -OCH3 is 2. The Balaban J connectivity index is 0.000000479. The van der Waals surface area contributed by atoms with Gasteiger partial charge in [-0.1, -0.05) is 17.4 Å². The summed E-state index contributed by atoms with van der Waals surface area (Å²) >= 11 is 1.35. The van der Waals surface area contributed by atoms with E-state index in [2.05, 4.69) is 20.5 Å². The topological polar surface area (TPSA) is 124 Å². The Hall–Kier alpha value is -3.74. The van der Waals surface area contributed by atoms with Gasteiger partial charge in [-0.05, 0) is 35.4 Å². The van der Waals surface area contributed by atoms with Crippen molar-refractivity contribution in [2.45, 2.75) is 19.0 Å². The van der Waals surface area contributed by atoms with Gasteiger partial charge in [0.05, 0.1) is 20.6 Å². The third-order valence-corrected chi connectivity index (χ3v) is 4.71. The molecule has 0 saturated carbocycles. The second-order valence-electron chi connectivity index (χ2n) is 6.25. The van der Waals surface area contributed by atoms with E-state index in [0.717, 1.165) is 16.1 Å². The Morgan fingerprint density at radius 3 is 2.24 bits per heavy atom. The molecule has 13 heteroatoms. The Labute approximate surface area is 190 Å². The van der Waals surface area contributed by atoms with E-state index in [0.29, 0.717) is 23.1 Å². The highest BCUT2D eigenvalue weighted by atomic mass is 32.1. The van der Waals surface area contributed by atoms with Gasteiger partial charge in [0.2, 0.25) is 11.0 Å². The van der Waals surface area contributed by atoms with Crippen LogP contribution in [0.5, 0.6) is 11.5 Å². The molecular formula is C20H19F3N4O5S. The van der Waals surface area contributed by atoms with Crippen molar-refractivity contribution in [3.63, 3.8) is 0 Å². The van der Waals surface area contributed by atoms with Gasteiger partial charge in [0.15, 0.2) is 11.5 Å². The molecule has 0 aliphatic heterocycles. The predicted molar refractivity (Wildman–Crippen MR) is 113 cm³/mol. The number of nitrogens with zero attached hydrogens (tertiary/aromatic N) is 3. The van der Waals surface area contributed by atoms with Gasteiger partial charge in [-0.3, -0.25) is 9.78 Å². The van der Waals surface area contributed by atoms with E-state index < -0.39 is 12.1 Å². The fourth-order valence-corrected chi connectivity index (χ4v) is 3.18. The number of hydrogen-bond acceptors (Lipinski definition) is 8. The van der Waals surface area contributed by atoms with Crippen molar-refractivity contribution in [1.29, 1.82) is 0 Å². The van der Waals surface area contributed by atoms with Crippen LogP contribution in [0.1, 0.15) is 16.1 Å². The number of halogens is 3. The van der Waals surface area contributed by atoms with Crippen LogP contribution in [-0.2, 0) is 22.4 Å². The van der Waals surface area contributed by atoms with E-state index in [1.807, 2.05) is 30.3 Å². The van der Waals surface area contributed by atoms with Crippen molar-refractivity contribution in [1.82, 2.24) is 15.2 Å². The van der Waals surface area contributed by atoms with Crippen LogP contribution in [0, 0.1) is 0 Å². The SMILES string of the molecule is COc1ccc(Cc2nnc(NC(=O)Cc3ccncc3)s2)cc1OC.O=C(O)C(F)(F)F. The van der Waals surface area contributed by atoms with Crippen molar-refractivity contribution in [2.75, 3.05) is 19.5 Å². The lowest BCUT2D eigenvalue weighted by Crippen LogP contribution is -2.21. The molecule has 3 aromatic rings. The van der Waals surface area contributed by atoms with Crippen LogP contribution in [0.4, 0.5) is 18.3 Å². The molecule has 3 rings (SSSR count). The number of carbonyl (C=O) groups is 2. The summed E-state index contributed by atoms with van der Waals surface area (Å²) in [4.78, 5) is 24.9. The fraction of sp³-hybridized carbons (Fsp3) is 0.250. The normalized spacial score (nSPS) is 10.6. The number of hydrogen-bond donors (Lipinski definition) is 2. The van der Waals surface area contributed by atoms with Crippen LogP contribution in [0.3, 0.4) is 0 Å². The molecule has 0 saturated heterocycles. The minimum absolute atomic E-state index is 0.134. The highest BCUT2D eigenvalue weighted by Crippen LogP contribution is 2.29. The third-order valence-electron chi connectivity index (χ3n) is 3.87. The number of pyridine rings is 1. The maximum atomic E-state index is 12.1. The van der Waals surface area contributed by atoms with E-state index in [4.69, 9.17) is 19.4 Å². The molecule has 1 aromatic carbocycles. The van der Waals surface area contributed by atoms with Crippen LogP contribution < -0.4 is 14.8 Å². The first-order valence-electron chi connectivity index (χ1n) is 9.14. The molecule has 0 aliphatic rings. The smallest absolute Gasteiger partial charge is 0.490 e. The minimum Gasteiger partial charge on any atom is -0.493 e. The Bertz CT molecular complexity index is 1080. The van der Waals surface area contributed by atoms with Crippen LogP contribution in [-0.4, -0.2) is 52.6 Å². The van der Waals surface area contributed by atoms with Gasteiger partial charge in [-0.2, -0.15) is 13.2 Å². The van der Waals surface area contributed by atoms with Crippen LogP contribution in [0.15, 0.2) is 42.7 Å². The molecule has 0 fully saturated rings. The molecule has 2 aromatic heterocycles. The summed E-state index contributed by atoms with van der Waals surface area (Å²) < 4.78 is 42.3. The minimum atomic E-state index is -5.08. The lowest BCUT2D eigenvalue weighted by atomic mass is 10.1. The molecule has 2 N–H and O–H groups in total. The number of alkyl halides is 3. The summed E-state index contributed by atoms with van der Waals surface area (Å²) in [6.07, 6.45) is -0.894. The molecule has 2 heterocycles. The van der Waals surface area contributed by atoms with Gasteiger partial charge in [0.25, 0.3) is 0 Å². The maximum absolute atomic E-state index is 12.1. The number of carboxylic acids is 1. The largest absolute Gasteiger partial charge is 0.493 e. The van der Waals surface area contributed by atoms with Gasteiger partial charge in [0.1, 0.15) is 5.01 Å². The number of amides is 1. The molecule has 0 radical (unpaired) electrons. The van der Waals surface area contributed by atoms with Gasteiger partial charge in [-0.25, -0.2) is 4.79 Å². The van der Waals surface area contributed by atoms with E-state index in [1.54, 1.807) is 26.6 Å². The number of rotatable bonds is 7. The van der Waals surface area contributed by atoms with Crippen molar-refractivity contribution in [3.05, 3.63) is 58.9 Å². The van der Waals surface area contributed by atoms with Gasteiger partial charge in [-0.15, -0.1) is 10.2 Å². The second kappa shape index (κ2) is 11.8. The average molecular weight is 484 g/mol. The standard InChI is InChI=1S/C18H18N4O3S.C2HF3O2/c1-24-14-4-3-13(9-15(14)25-2)11-17-21-22-18(26-17)20-16(23)10-12-5-7-19-8-6-12;3-2(4,5)1(6)7/h3-9H,10-11H2,1-2H3,(H,20,22,23);(H,6,7). The first-order chi connectivity index (χ1) is 15.6.